The van der Waals surface area contributed by atoms with Crippen molar-refractivity contribution in [1.29, 1.82) is 0 Å². The normalized spacial score (nSPS) is 10.9. The van der Waals surface area contributed by atoms with Crippen LogP contribution >= 0.6 is 12.2 Å². The number of ether oxygens (including phenoxy) is 1. The van der Waals surface area contributed by atoms with Crippen LogP contribution < -0.4 is 10.5 Å². The molecule has 0 saturated heterocycles. The van der Waals surface area contributed by atoms with Gasteiger partial charge in [0.25, 0.3) is 0 Å². The Hall–Kier alpha value is -2.40. The van der Waals surface area contributed by atoms with Gasteiger partial charge in [0.1, 0.15) is 16.6 Å². The SMILES string of the molecule is COc1ccc2[nH]c(-c3ccc(F)c(C)c3)c(C(N)=S)c2c1. The van der Waals surface area contributed by atoms with Gasteiger partial charge in [-0.1, -0.05) is 12.2 Å². The van der Waals surface area contributed by atoms with E-state index in [1.165, 1.54) is 6.07 Å². The number of thiocarbonyl (C=S) groups is 1. The molecule has 3 N–H and O–H groups in total. The molecule has 0 aliphatic carbocycles. The van der Waals surface area contributed by atoms with Crippen molar-refractivity contribution in [1.82, 2.24) is 4.98 Å². The standard InChI is InChI=1S/C17H15FN2OS/c1-9-7-10(3-5-13(9)18)16-15(17(19)22)12-8-11(21-2)4-6-14(12)20-16/h3-8,20H,1-2H3,(H2,19,22). The number of rotatable bonds is 3. The molecular weight excluding hydrogens is 299 g/mol. The molecular formula is C17H15FN2OS. The third kappa shape index (κ3) is 2.33. The third-order valence-electron chi connectivity index (χ3n) is 3.70. The highest BCUT2D eigenvalue weighted by atomic mass is 32.1. The van der Waals surface area contributed by atoms with Gasteiger partial charge < -0.3 is 15.5 Å². The van der Waals surface area contributed by atoms with E-state index in [0.29, 0.717) is 5.56 Å². The van der Waals surface area contributed by atoms with E-state index in [0.717, 1.165) is 33.5 Å². The molecule has 0 fully saturated rings. The van der Waals surface area contributed by atoms with Crippen LogP contribution in [-0.4, -0.2) is 17.1 Å². The van der Waals surface area contributed by atoms with Gasteiger partial charge in [0.2, 0.25) is 0 Å². The van der Waals surface area contributed by atoms with E-state index in [9.17, 15) is 4.39 Å². The Kier molecular flexibility index (Phi) is 3.58. The first-order valence-corrected chi connectivity index (χ1v) is 7.18. The van der Waals surface area contributed by atoms with Gasteiger partial charge >= 0.3 is 0 Å². The number of nitrogens with one attached hydrogen (secondary N) is 1. The van der Waals surface area contributed by atoms with Crippen molar-refractivity contribution in [2.24, 2.45) is 5.73 Å². The molecule has 0 unspecified atom stereocenters. The summed E-state index contributed by atoms with van der Waals surface area (Å²) in [5, 5.41) is 0.892. The van der Waals surface area contributed by atoms with E-state index in [2.05, 4.69) is 4.98 Å². The minimum atomic E-state index is -0.238. The van der Waals surface area contributed by atoms with Crippen LogP contribution in [0, 0.1) is 12.7 Å². The second-order valence-electron chi connectivity index (χ2n) is 5.11. The van der Waals surface area contributed by atoms with Crippen molar-refractivity contribution in [3.8, 4) is 17.0 Å². The molecule has 2 aromatic carbocycles. The zero-order chi connectivity index (χ0) is 15.9. The average Bonchev–Trinajstić information content (AvgIpc) is 2.88. The molecule has 1 heterocycles. The zero-order valence-corrected chi connectivity index (χ0v) is 13.1. The Morgan fingerprint density at radius 2 is 2.00 bits per heavy atom. The Morgan fingerprint density at radius 3 is 2.64 bits per heavy atom. The minimum absolute atomic E-state index is 0.238. The van der Waals surface area contributed by atoms with Gasteiger partial charge in [-0.2, -0.15) is 0 Å². The summed E-state index contributed by atoms with van der Waals surface area (Å²) in [7, 11) is 1.61. The summed E-state index contributed by atoms with van der Waals surface area (Å²) in [5.41, 5.74) is 9.77. The summed E-state index contributed by atoms with van der Waals surface area (Å²) in [6.07, 6.45) is 0. The minimum Gasteiger partial charge on any atom is -0.497 e. The first-order valence-electron chi connectivity index (χ1n) is 6.77. The fourth-order valence-corrected chi connectivity index (χ4v) is 2.78. The van der Waals surface area contributed by atoms with Crippen LogP contribution in [0.3, 0.4) is 0 Å². The molecule has 1 aromatic heterocycles. The van der Waals surface area contributed by atoms with Crippen LogP contribution in [0.2, 0.25) is 0 Å². The maximum Gasteiger partial charge on any atom is 0.126 e. The van der Waals surface area contributed by atoms with Crippen molar-refractivity contribution in [2.45, 2.75) is 6.92 Å². The first-order chi connectivity index (χ1) is 10.5. The molecule has 5 heteroatoms. The topological polar surface area (TPSA) is 51.0 Å². The van der Waals surface area contributed by atoms with Crippen LogP contribution in [0.1, 0.15) is 11.1 Å². The highest BCUT2D eigenvalue weighted by Crippen LogP contribution is 2.33. The van der Waals surface area contributed by atoms with Gasteiger partial charge in [-0.3, -0.25) is 0 Å². The Balaban J connectivity index is 2.30. The number of hydrogen-bond donors (Lipinski definition) is 2. The molecule has 0 spiro atoms. The predicted molar refractivity (Wildman–Crippen MR) is 90.9 cm³/mol. The lowest BCUT2D eigenvalue weighted by molar-refractivity contribution is 0.415. The highest BCUT2D eigenvalue weighted by Gasteiger charge is 2.16. The molecule has 0 bridgehead atoms. The lowest BCUT2D eigenvalue weighted by Gasteiger charge is -2.05. The fraction of sp³-hybridized carbons (Fsp3) is 0.118. The third-order valence-corrected chi connectivity index (χ3v) is 3.90. The van der Waals surface area contributed by atoms with E-state index in [4.69, 9.17) is 22.7 Å². The van der Waals surface area contributed by atoms with Crippen LogP contribution in [0.15, 0.2) is 36.4 Å². The molecule has 22 heavy (non-hydrogen) atoms. The summed E-state index contributed by atoms with van der Waals surface area (Å²) in [5.74, 6) is 0.490. The number of aromatic amines is 1. The maximum atomic E-state index is 13.5. The summed E-state index contributed by atoms with van der Waals surface area (Å²) < 4.78 is 18.8. The second-order valence-corrected chi connectivity index (χ2v) is 5.55. The number of benzene rings is 2. The zero-order valence-electron chi connectivity index (χ0n) is 12.2. The van der Waals surface area contributed by atoms with Crippen molar-refractivity contribution in [3.63, 3.8) is 0 Å². The Bertz CT molecular complexity index is 886. The van der Waals surface area contributed by atoms with Gasteiger partial charge in [-0.25, -0.2) is 4.39 Å². The van der Waals surface area contributed by atoms with E-state index in [1.807, 2.05) is 18.2 Å². The van der Waals surface area contributed by atoms with Crippen molar-refractivity contribution < 1.29 is 9.13 Å². The van der Waals surface area contributed by atoms with Crippen LogP contribution in [-0.2, 0) is 0 Å². The summed E-state index contributed by atoms with van der Waals surface area (Å²) >= 11 is 5.21. The first kappa shape index (κ1) is 14.5. The molecule has 112 valence electrons. The number of aromatic nitrogens is 1. The number of aryl methyl sites for hydroxylation is 1. The maximum absolute atomic E-state index is 13.5. The quantitative estimate of drug-likeness (QED) is 0.720. The van der Waals surface area contributed by atoms with Gasteiger partial charge in [0.05, 0.1) is 12.8 Å². The van der Waals surface area contributed by atoms with Gasteiger partial charge in [0, 0.05) is 16.5 Å². The van der Waals surface area contributed by atoms with Crippen molar-refractivity contribution in [3.05, 3.63) is 53.3 Å². The average molecular weight is 314 g/mol. The molecule has 0 amide bonds. The second kappa shape index (κ2) is 5.42. The number of methoxy groups -OCH3 is 1. The molecule has 0 aliphatic heterocycles. The molecule has 0 radical (unpaired) electrons. The Morgan fingerprint density at radius 1 is 1.23 bits per heavy atom. The monoisotopic (exact) mass is 314 g/mol. The van der Waals surface area contributed by atoms with E-state index < -0.39 is 0 Å². The molecule has 3 nitrogen and oxygen atoms in total. The highest BCUT2D eigenvalue weighted by molar-refractivity contribution is 7.80. The van der Waals surface area contributed by atoms with Crippen LogP contribution in [0.4, 0.5) is 4.39 Å². The van der Waals surface area contributed by atoms with Crippen molar-refractivity contribution in [2.75, 3.05) is 7.11 Å². The van der Waals surface area contributed by atoms with Crippen molar-refractivity contribution >= 4 is 28.1 Å². The Labute approximate surface area is 132 Å². The number of halogens is 1. The molecule has 0 atom stereocenters. The number of fused-ring (bicyclic) bond motifs is 1. The number of H-pyrrole nitrogens is 1. The lowest BCUT2D eigenvalue weighted by Crippen LogP contribution is -2.10. The van der Waals surface area contributed by atoms with Crippen LogP contribution in [0.25, 0.3) is 22.2 Å². The fourth-order valence-electron chi connectivity index (χ4n) is 2.57. The predicted octanol–water partition coefficient (Wildman–Crippen LogP) is 3.93. The van der Waals surface area contributed by atoms with Crippen LogP contribution in [0.5, 0.6) is 5.75 Å². The summed E-state index contributed by atoms with van der Waals surface area (Å²) in [4.78, 5) is 3.60. The van der Waals surface area contributed by atoms with E-state index in [1.54, 1.807) is 26.2 Å². The van der Waals surface area contributed by atoms with E-state index >= 15 is 0 Å². The molecule has 3 aromatic rings. The molecule has 0 saturated carbocycles. The number of nitrogens with two attached hydrogens (primary N) is 1. The summed E-state index contributed by atoms with van der Waals surface area (Å²) in [6.45, 7) is 1.73. The summed E-state index contributed by atoms with van der Waals surface area (Å²) in [6, 6.07) is 10.6. The molecule has 3 rings (SSSR count). The lowest BCUT2D eigenvalue weighted by atomic mass is 10.0. The van der Waals surface area contributed by atoms with Gasteiger partial charge in [-0.05, 0) is 54.4 Å². The largest absolute Gasteiger partial charge is 0.497 e. The number of hydrogen-bond acceptors (Lipinski definition) is 2. The smallest absolute Gasteiger partial charge is 0.126 e. The molecule has 0 aliphatic rings. The van der Waals surface area contributed by atoms with Gasteiger partial charge in [-0.15, -0.1) is 0 Å². The van der Waals surface area contributed by atoms with E-state index in [-0.39, 0.29) is 10.8 Å². The van der Waals surface area contributed by atoms with Gasteiger partial charge in [0.15, 0.2) is 0 Å².